The first kappa shape index (κ1) is 22.2. The minimum atomic E-state index is -0.461. The lowest BCUT2D eigenvalue weighted by Gasteiger charge is -2.09. The Balaban J connectivity index is 1.80. The molecule has 0 saturated heterocycles. The third-order valence-corrected chi connectivity index (χ3v) is 4.95. The Bertz CT molecular complexity index is 1150. The average Bonchev–Trinajstić information content (AvgIpc) is 3.13. The summed E-state index contributed by atoms with van der Waals surface area (Å²) in [4.78, 5) is 24.8. The summed E-state index contributed by atoms with van der Waals surface area (Å²) < 4.78 is 5.23. The smallest absolute Gasteiger partial charge is 0.277 e. The van der Waals surface area contributed by atoms with Crippen LogP contribution in [0.5, 0.6) is 0 Å². The maximum atomic E-state index is 12.8. The molecule has 8 heteroatoms. The third-order valence-electron chi connectivity index (χ3n) is 4.62. The number of amides is 2. The summed E-state index contributed by atoms with van der Waals surface area (Å²) in [5.41, 5.74) is 5.76. The first-order chi connectivity index (χ1) is 14.8. The molecule has 31 heavy (non-hydrogen) atoms. The quantitative estimate of drug-likeness (QED) is 0.415. The number of carbonyl (C=O) groups excluding carboxylic acids is 2. The highest BCUT2D eigenvalue weighted by molar-refractivity contribution is 6.33. The monoisotopic (exact) mass is 438 g/mol. The molecule has 1 aromatic heterocycles. The van der Waals surface area contributed by atoms with Crippen LogP contribution in [0.1, 0.15) is 42.5 Å². The third kappa shape index (κ3) is 5.19. The van der Waals surface area contributed by atoms with E-state index in [0.29, 0.717) is 33.4 Å². The summed E-state index contributed by atoms with van der Waals surface area (Å²) in [6, 6.07) is 14.3. The summed E-state index contributed by atoms with van der Waals surface area (Å²) in [6.45, 7) is 7.06. The van der Waals surface area contributed by atoms with Crippen molar-refractivity contribution in [2.75, 3.05) is 5.32 Å². The van der Waals surface area contributed by atoms with Gasteiger partial charge in [-0.2, -0.15) is 5.10 Å². The van der Waals surface area contributed by atoms with Gasteiger partial charge in [0.2, 0.25) is 5.91 Å². The van der Waals surface area contributed by atoms with Gasteiger partial charge in [-0.3, -0.25) is 9.59 Å². The molecule has 0 spiro atoms. The number of carbonyl (C=O) groups is 2. The number of hydrogen-bond acceptors (Lipinski definition) is 5. The number of hydrazone groups is 1. The van der Waals surface area contributed by atoms with Gasteiger partial charge in [-0.25, -0.2) is 5.43 Å². The Morgan fingerprint density at radius 1 is 1.13 bits per heavy atom. The molecule has 0 saturated carbocycles. The summed E-state index contributed by atoms with van der Waals surface area (Å²) in [7, 11) is 0. The van der Waals surface area contributed by atoms with Crippen molar-refractivity contribution >= 4 is 34.8 Å². The van der Waals surface area contributed by atoms with Crippen LogP contribution in [0.2, 0.25) is 5.02 Å². The number of rotatable bonds is 6. The Labute approximate surface area is 185 Å². The molecule has 3 aromatic rings. The van der Waals surface area contributed by atoms with E-state index in [1.54, 1.807) is 50.2 Å². The lowest BCUT2D eigenvalue weighted by molar-refractivity contribution is -0.118. The van der Waals surface area contributed by atoms with Crippen LogP contribution in [0.15, 0.2) is 58.2 Å². The molecular weight excluding hydrogens is 416 g/mol. The fourth-order valence-electron chi connectivity index (χ4n) is 2.84. The van der Waals surface area contributed by atoms with Gasteiger partial charge in [0.1, 0.15) is 17.0 Å². The Morgan fingerprint density at radius 3 is 2.58 bits per heavy atom. The molecule has 7 nitrogen and oxygen atoms in total. The van der Waals surface area contributed by atoms with Gasteiger partial charge in [0.25, 0.3) is 5.91 Å². The molecule has 2 aromatic carbocycles. The van der Waals surface area contributed by atoms with E-state index >= 15 is 0 Å². The number of nitrogens with one attached hydrogen (secondary N) is 2. The number of aryl methyl sites for hydroxylation is 1. The van der Waals surface area contributed by atoms with Crippen molar-refractivity contribution in [2.24, 2.45) is 11.0 Å². The zero-order chi connectivity index (χ0) is 22.5. The first-order valence-electron chi connectivity index (χ1n) is 9.75. The maximum absolute atomic E-state index is 12.8. The summed E-state index contributed by atoms with van der Waals surface area (Å²) >= 11 is 6.25. The molecule has 0 atom stereocenters. The number of hydrogen-bond donors (Lipinski definition) is 2. The minimum Gasteiger partial charge on any atom is -0.360 e. The summed E-state index contributed by atoms with van der Waals surface area (Å²) in [5, 5.41) is 11.5. The van der Waals surface area contributed by atoms with Crippen molar-refractivity contribution in [3.63, 3.8) is 0 Å². The van der Waals surface area contributed by atoms with Gasteiger partial charge in [-0.1, -0.05) is 60.9 Å². The van der Waals surface area contributed by atoms with Crippen molar-refractivity contribution < 1.29 is 14.1 Å². The molecule has 0 fully saturated rings. The maximum Gasteiger partial charge on any atom is 0.277 e. The molecule has 0 aliphatic rings. The van der Waals surface area contributed by atoms with E-state index in [-0.39, 0.29) is 17.4 Å². The van der Waals surface area contributed by atoms with Gasteiger partial charge < -0.3 is 9.84 Å². The number of halogens is 1. The first-order valence-corrected chi connectivity index (χ1v) is 10.1. The molecule has 0 aliphatic carbocycles. The van der Waals surface area contributed by atoms with E-state index in [1.807, 2.05) is 26.0 Å². The topological polar surface area (TPSA) is 96.6 Å². The summed E-state index contributed by atoms with van der Waals surface area (Å²) in [6.07, 6.45) is 0. The van der Waals surface area contributed by atoms with E-state index in [9.17, 15) is 9.59 Å². The predicted molar refractivity (Wildman–Crippen MR) is 121 cm³/mol. The predicted octanol–water partition coefficient (Wildman–Crippen LogP) is 5.05. The number of anilines is 1. The van der Waals surface area contributed by atoms with Crippen molar-refractivity contribution in [3.05, 3.63) is 70.4 Å². The van der Waals surface area contributed by atoms with Crippen LogP contribution in [0.25, 0.3) is 11.3 Å². The average molecular weight is 439 g/mol. The fourth-order valence-corrected chi connectivity index (χ4v) is 3.07. The van der Waals surface area contributed by atoms with E-state index in [4.69, 9.17) is 16.1 Å². The SMILES string of the molecule is C/C(=N/NC(=O)c1c(-c2ccccc2Cl)noc1C)c1cccc(NC(=O)C(C)C)c1. The molecule has 3 rings (SSSR count). The van der Waals surface area contributed by atoms with Gasteiger partial charge in [0.15, 0.2) is 0 Å². The Morgan fingerprint density at radius 2 is 1.87 bits per heavy atom. The van der Waals surface area contributed by atoms with Gasteiger partial charge in [-0.05, 0) is 37.6 Å². The highest BCUT2D eigenvalue weighted by Gasteiger charge is 2.23. The van der Waals surface area contributed by atoms with E-state index < -0.39 is 5.91 Å². The standard InChI is InChI=1S/C23H23ClN4O3/c1-13(2)22(29)25-17-9-7-8-16(12-17)14(3)26-27-23(30)20-15(4)31-28-21(20)18-10-5-6-11-19(18)24/h5-13H,1-4H3,(H,25,29)(H,27,30)/b26-14-. The molecule has 0 radical (unpaired) electrons. The zero-order valence-electron chi connectivity index (χ0n) is 17.7. The van der Waals surface area contributed by atoms with E-state index in [0.717, 1.165) is 5.56 Å². The lowest BCUT2D eigenvalue weighted by atomic mass is 10.1. The van der Waals surface area contributed by atoms with E-state index in [1.165, 1.54) is 0 Å². The summed E-state index contributed by atoms with van der Waals surface area (Å²) in [5.74, 6) is -0.303. The highest BCUT2D eigenvalue weighted by Crippen LogP contribution is 2.30. The van der Waals surface area contributed by atoms with Gasteiger partial charge in [-0.15, -0.1) is 0 Å². The van der Waals surface area contributed by atoms with Gasteiger partial charge >= 0.3 is 0 Å². The number of aromatic nitrogens is 1. The zero-order valence-corrected chi connectivity index (χ0v) is 18.4. The molecule has 1 heterocycles. The van der Waals surface area contributed by atoms with E-state index in [2.05, 4.69) is 21.0 Å². The highest BCUT2D eigenvalue weighted by atomic mass is 35.5. The van der Waals surface area contributed by atoms with Crippen molar-refractivity contribution in [1.29, 1.82) is 0 Å². The Kier molecular flexibility index (Phi) is 6.87. The molecule has 0 aliphatic heterocycles. The van der Waals surface area contributed by atoms with Gasteiger partial charge in [0, 0.05) is 17.2 Å². The van der Waals surface area contributed by atoms with Crippen LogP contribution in [-0.4, -0.2) is 22.7 Å². The molecular formula is C23H23ClN4O3. The van der Waals surface area contributed by atoms with Gasteiger partial charge in [0.05, 0.1) is 10.7 Å². The van der Waals surface area contributed by atoms with Crippen molar-refractivity contribution in [1.82, 2.24) is 10.6 Å². The van der Waals surface area contributed by atoms with Crippen LogP contribution >= 0.6 is 11.6 Å². The molecule has 160 valence electrons. The van der Waals surface area contributed by atoms with Crippen LogP contribution in [0.4, 0.5) is 5.69 Å². The second-order valence-corrected chi connectivity index (χ2v) is 7.71. The van der Waals surface area contributed by atoms with Crippen LogP contribution in [-0.2, 0) is 4.79 Å². The largest absolute Gasteiger partial charge is 0.360 e. The number of nitrogens with zero attached hydrogens (tertiary/aromatic N) is 2. The second-order valence-electron chi connectivity index (χ2n) is 7.31. The van der Waals surface area contributed by atoms with Crippen LogP contribution < -0.4 is 10.7 Å². The minimum absolute atomic E-state index is 0.0740. The fraction of sp³-hybridized carbons (Fsp3) is 0.217. The molecule has 2 amide bonds. The molecule has 0 unspecified atom stereocenters. The molecule has 2 N–H and O–H groups in total. The second kappa shape index (κ2) is 9.57. The normalized spacial score (nSPS) is 11.5. The Hall–Kier alpha value is -3.45. The molecule has 0 bridgehead atoms. The number of benzene rings is 2. The van der Waals surface area contributed by atoms with Crippen LogP contribution in [0, 0.1) is 12.8 Å². The van der Waals surface area contributed by atoms with Crippen LogP contribution in [0.3, 0.4) is 0 Å². The lowest BCUT2D eigenvalue weighted by Crippen LogP contribution is -2.20. The van der Waals surface area contributed by atoms with Crippen molar-refractivity contribution in [2.45, 2.75) is 27.7 Å². The van der Waals surface area contributed by atoms with Crippen molar-refractivity contribution in [3.8, 4) is 11.3 Å².